The Morgan fingerprint density at radius 3 is 2.34 bits per heavy atom. The Morgan fingerprint density at radius 1 is 0.977 bits per heavy atom. The van der Waals surface area contributed by atoms with E-state index in [-0.39, 0.29) is 29.3 Å². The first-order valence-corrected chi connectivity index (χ1v) is 13.5. The van der Waals surface area contributed by atoms with E-state index in [1.165, 1.54) is 17.7 Å². The van der Waals surface area contributed by atoms with Crippen LogP contribution in [0.3, 0.4) is 0 Å². The van der Waals surface area contributed by atoms with Gasteiger partial charge in [0, 0.05) is 42.4 Å². The van der Waals surface area contributed by atoms with E-state index in [1.807, 2.05) is 0 Å². The van der Waals surface area contributed by atoms with E-state index in [4.69, 9.17) is 9.47 Å². The van der Waals surface area contributed by atoms with Crippen LogP contribution in [0.4, 0.5) is 8.78 Å². The van der Waals surface area contributed by atoms with Crippen LogP contribution in [0.5, 0.6) is 11.5 Å². The Kier molecular flexibility index (Phi) is 8.07. The Labute approximate surface area is 250 Å². The van der Waals surface area contributed by atoms with Gasteiger partial charge in [-0.2, -0.15) is 0 Å². The minimum Gasteiger partial charge on any atom is -0.465 e. The van der Waals surface area contributed by atoms with Gasteiger partial charge >= 0.3 is 5.97 Å². The van der Waals surface area contributed by atoms with Crippen molar-refractivity contribution < 1.29 is 33.0 Å². The summed E-state index contributed by atoms with van der Waals surface area (Å²) in [5, 5.41) is 13.9. The van der Waals surface area contributed by atoms with E-state index < -0.39 is 34.7 Å². The molecule has 0 atom stereocenters. The number of nitrogens with one attached hydrogen (secondary N) is 2. The molecule has 9 nitrogen and oxygen atoms in total. The van der Waals surface area contributed by atoms with Gasteiger partial charge in [-0.3, -0.25) is 9.59 Å². The van der Waals surface area contributed by atoms with Gasteiger partial charge in [-0.25, -0.2) is 13.6 Å². The van der Waals surface area contributed by atoms with E-state index in [2.05, 4.69) is 10.3 Å². The number of benzene rings is 3. The second kappa shape index (κ2) is 11.8. The number of hydrogen-bond acceptors (Lipinski definition) is 6. The van der Waals surface area contributed by atoms with Crippen LogP contribution in [0.1, 0.15) is 45.8 Å². The maximum atomic E-state index is 14.5. The minimum atomic E-state index is -1.26. The smallest absolute Gasteiger partial charge is 0.337 e. The molecular weight excluding hydrogens is 572 g/mol. The number of fused-ring (bicyclic) bond motifs is 1. The van der Waals surface area contributed by atoms with Crippen LogP contribution in [0, 0.1) is 11.6 Å². The molecule has 0 unspecified atom stereocenters. The van der Waals surface area contributed by atoms with Crippen LogP contribution in [0.25, 0.3) is 22.0 Å². The highest BCUT2D eigenvalue weighted by molar-refractivity contribution is 6.03. The summed E-state index contributed by atoms with van der Waals surface area (Å²) in [7, 11) is 2.84. The number of amides is 1. The third kappa shape index (κ3) is 6.09. The fraction of sp³-hybridized carbons (Fsp3) is 0.182. The summed E-state index contributed by atoms with van der Waals surface area (Å²) in [6.45, 7) is 3.35. The molecule has 0 bridgehead atoms. The number of aryl methyl sites for hydroxylation is 1. The molecule has 0 spiro atoms. The lowest BCUT2D eigenvalue weighted by molar-refractivity contribution is 0.0600. The van der Waals surface area contributed by atoms with Gasteiger partial charge in [-0.05, 0) is 67.4 Å². The monoisotopic (exact) mass is 601 g/mol. The van der Waals surface area contributed by atoms with Crippen molar-refractivity contribution in [2.75, 3.05) is 7.11 Å². The molecule has 0 aliphatic rings. The molecule has 2 aromatic heterocycles. The Balaban J connectivity index is 1.55. The molecule has 0 aliphatic carbocycles. The van der Waals surface area contributed by atoms with Crippen molar-refractivity contribution in [2.24, 2.45) is 7.05 Å². The zero-order chi connectivity index (χ0) is 31.8. The maximum Gasteiger partial charge on any atom is 0.337 e. The molecule has 0 saturated carbocycles. The Morgan fingerprint density at radius 2 is 1.68 bits per heavy atom. The van der Waals surface area contributed by atoms with Crippen molar-refractivity contribution in [3.63, 3.8) is 0 Å². The molecule has 226 valence electrons. The molecule has 2 heterocycles. The number of rotatable bonds is 8. The molecule has 5 aromatic rings. The normalized spacial score (nSPS) is 11.4. The zero-order valence-electron chi connectivity index (χ0n) is 24.3. The van der Waals surface area contributed by atoms with Crippen molar-refractivity contribution in [3.8, 4) is 22.6 Å². The standard InChI is InChI=1S/C33H29F2N3O6/c1-33(2,42)20-9-11-27(44-28-12-10-21(34)14-25(28)35)22(13-20)24-17-38(3)31(40)29-23(24)15-26(37-29)30(39)36-16-18-5-7-19(8-6-18)32(41)43-4/h5-15,17,37,42H,16H2,1-4H3,(H,36,39). The van der Waals surface area contributed by atoms with E-state index in [0.29, 0.717) is 33.7 Å². The van der Waals surface area contributed by atoms with Crippen molar-refractivity contribution in [1.29, 1.82) is 0 Å². The number of halogens is 2. The van der Waals surface area contributed by atoms with Crippen LogP contribution >= 0.6 is 0 Å². The number of carbonyl (C=O) groups excluding carboxylic acids is 2. The first-order valence-electron chi connectivity index (χ1n) is 13.5. The van der Waals surface area contributed by atoms with Crippen LogP contribution < -0.4 is 15.6 Å². The molecular formula is C33H29F2N3O6. The van der Waals surface area contributed by atoms with Gasteiger partial charge in [0.25, 0.3) is 11.5 Å². The van der Waals surface area contributed by atoms with E-state index >= 15 is 0 Å². The molecule has 0 aliphatic heterocycles. The van der Waals surface area contributed by atoms with Crippen molar-refractivity contribution in [3.05, 3.63) is 117 Å². The Hall–Kier alpha value is -5.29. The first kappa shape index (κ1) is 30.2. The summed E-state index contributed by atoms with van der Waals surface area (Å²) < 4.78 is 40.0. The lowest BCUT2D eigenvalue weighted by Crippen LogP contribution is -2.23. The largest absolute Gasteiger partial charge is 0.465 e. The average molecular weight is 602 g/mol. The summed E-state index contributed by atoms with van der Waals surface area (Å²) in [5.74, 6) is -2.68. The molecule has 0 fully saturated rings. The molecule has 5 rings (SSSR count). The van der Waals surface area contributed by atoms with Gasteiger partial charge in [-0.1, -0.05) is 18.2 Å². The summed E-state index contributed by atoms with van der Waals surface area (Å²) in [6.07, 6.45) is 1.56. The highest BCUT2D eigenvalue weighted by atomic mass is 19.1. The quantitative estimate of drug-likeness (QED) is 0.201. The van der Waals surface area contributed by atoms with Gasteiger partial charge in [0.1, 0.15) is 22.8 Å². The van der Waals surface area contributed by atoms with E-state index in [1.54, 1.807) is 69.6 Å². The molecule has 11 heteroatoms. The molecule has 0 radical (unpaired) electrons. The van der Waals surface area contributed by atoms with Crippen LogP contribution in [0.2, 0.25) is 0 Å². The predicted octanol–water partition coefficient (Wildman–Crippen LogP) is 5.55. The molecule has 1 amide bonds. The molecule has 0 saturated heterocycles. The third-order valence-corrected chi connectivity index (χ3v) is 7.13. The minimum absolute atomic E-state index is 0.112. The lowest BCUT2D eigenvalue weighted by atomic mass is 9.93. The van der Waals surface area contributed by atoms with Gasteiger partial charge in [0.15, 0.2) is 11.6 Å². The molecule has 44 heavy (non-hydrogen) atoms. The molecule has 3 N–H and O–H groups in total. The SMILES string of the molecule is COC(=O)c1ccc(CNC(=O)c2cc3c(-c4cc(C(C)(C)O)ccc4Oc4ccc(F)cc4F)cn(C)c(=O)c3[nH]2)cc1. The van der Waals surface area contributed by atoms with Gasteiger partial charge in [0.05, 0.1) is 18.3 Å². The zero-order valence-corrected chi connectivity index (χ0v) is 24.3. The van der Waals surface area contributed by atoms with Crippen molar-refractivity contribution in [2.45, 2.75) is 26.0 Å². The number of ether oxygens (including phenoxy) is 2. The molecule has 3 aromatic carbocycles. The van der Waals surface area contributed by atoms with Crippen molar-refractivity contribution in [1.82, 2.24) is 14.9 Å². The number of carbonyl (C=O) groups is 2. The van der Waals surface area contributed by atoms with E-state index in [0.717, 1.165) is 17.7 Å². The number of aliphatic hydroxyl groups is 1. The summed E-state index contributed by atoms with van der Waals surface area (Å²) in [6, 6.07) is 15.8. The van der Waals surface area contributed by atoms with Crippen molar-refractivity contribution >= 4 is 22.8 Å². The number of methoxy groups -OCH3 is 1. The first-order chi connectivity index (χ1) is 20.8. The predicted molar refractivity (Wildman–Crippen MR) is 160 cm³/mol. The number of H-pyrrole nitrogens is 1. The maximum absolute atomic E-state index is 14.5. The summed E-state index contributed by atoms with van der Waals surface area (Å²) in [5.41, 5.74) is 1.07. The number of aromatic amines is 1. The topological polar surface area (TPSA) is 123 Å². The second-order valence-electron chi connectivity index (χ2n) is 10.7. The highest BCUT2D eigenvalue weighted by Crippen LogP contribution is 2.40. The van der Waals surface area contributed by atoms with Gasteiger partial charge in [-0.15, -0.1) is 0 Å². The number of aromatic nitrogens is 2. The summed E-state index contributed by atoms with van der Waals surface area (Å²) >= 11 is 0. The number of pyridine rings is 1. The average Bonchev–Trinajstić information content (AvgIpc) is 3.45. The van der Waals surface area contributed by atoms with Crippen LogP contribution in [0.15, 0.2) is 77.7 Å². The van der Waals surface area contributed by atoms with Gasteiger partial charge < -0.3 is 29.4 Å². The second-order valence-corrected chi connectivity index (χ2v) is 10.7. The lowest BCUT2D eigenvalue weighted by Gasteiger charge is -2.21. The highest BCUT2D eigenvalue weighted by Gasteiger charge is 2.23. The number of esters is 1. The fourth-order valence-electron chi connectivity index (χ4n) is 4.71. The third-order valence-electron chi connectivity index (χ3n) is 7.13. The van der Waals surface area contributed by atoms with Crippen LogP contribution in [-0.4, -0.2) is 33.6 Å². The number of hydrogen-bond donors (Lipinski definition) is 3. The fourth-order valence-corrected chi connectivity index (χ4v) is 4.71. The number of nitrogens with zero attached hydrogens (tertiary/aromatic N) is 1. The van der Waals surface area contributed by atoms with E-state index in [9.17, 15) is 28.3 Å². The summed E-state index contributed by atoms with van der Waals surface area (Å²) in [4.78, 5) is 40.9. The van der Waals surface area contributed by atoms with Crippen LogP contribution in [-0.2, 0) is 23.9 Å². The Bertz CT molecular complexity index is 1960. The van der Waals surface area contributed by atoms with Gasteiger partial charge in [0.2, 0.25) is 0 Å².